The number of benzene rings is 1. The molecule has 0 aliphatic carbocycles. The first-order valence-corrected chi connectivity index (χ1v) is 10.9. The number of sulfonamides is 1. The Labute approximate surface area is 146 Å². The van der Waals surface area contributed by atoms with Gasteiger partial charge in [-0.2, -0.15) is 0 Å². The number of hydrogen-bond donors (Lipinski definition) is 0. The zero-order chi connectivity index (χ0) is 17.4. The topological polar surface area (TPSA) is 40.6 Å². The van der Waals surface area contributed by atoms with Gasteiger partial charge in [0, 0.05) is 26.2 Å². The molecule has 0 radical (unpaired) electrons. The van der Waals surface area contributed by atoms with Crippen molar-refractivity contribution in [1.82, 2.24) is 9.21 Å². The molecule has 24 heavy (non-hydrogen) atoms. The van der Waals surface area contributed by atoms with Gasteiger partial charge < -0.3 is 0 Å². The summed E-state index contributed by atoms with van der Waals surface area (Å²) in [6.07, 6.45) is 4.66. The molecule has 2 aliphatic heterocycles. The second-order valence-corrected chi connectivity index (χ2v) is 10.0. The van der Waals surface area contributed by atoms with E-state index in [1.165, 1.54) is 23.8 Å². The van der Waals surface area contributed by atoms with Gasteiger partial charge in [0.2, 0.25) is 10.0 Å². The molecule has 0 amide bonds. The van der Waals surface area contributed by atoms with Gasteiger partial charge in [0.1, 0.15) is 0 Å². The Hall–Kier alpha value is -0.910. The van der Waals surface area contributed by atoms with Crippen molar-refractivity contribution in [1.29, 1.82) is 0 Å². The smallest absolute Gasteiger partial charge is 0.211 e. The lowest BCUT2D eigenvalue weighted by Gasteiger charge is -2.40. The molecule has 2 aliphatic rings. The average molecular weight is 351 g/mol. The van der Waals surface area contributed by atoms with Crippen LogP contribution in [0.2, 0.25) is 0 Å². The Kier molecular flexibility index (Phi) is 5.05. The standard InChI is InChI=1S/C19H30N2O2S/c1-16(2)18-7-5-17(6-8-18)13-20-11-4-9-19(14-20)10-12-21(15-19)24(3,22)23/h5-8,16H,4,9-15H2,1-3H3/t19-/m1/s1. The van der Waals surface area contributed by atoms with Crippen molar-refractivity contribution in [2.45, 2.75) is 45.6 Å². The maximum Gasteiger partial charge on any atom is 0.211 e. The van der Waals surface area contributed by atoms with Crippen molar-refractivity contribution >= 4 is 10.0 Å². The fourth-order valence-corrected chi connectivity index (χ4v) is 5.15. The van der Waals surface area contributed by atoms with Crippen molar-refractivity contribution in [3.8, 4) is 0 Å². The maximum atomic E-state index is 11.8. The van der Waals surface area contributed by atoms with Crippen LogP contribution in [-0.2, 0) is 16.6 Å². The van der Waals surface area contributed by atoms with Gasteiger partial charge in [-0.3, -0.25) is 4.90 Å². The molecule has 134 valence electrons. The molecular weight excluding hydrogens is 320 g/mol. The van der Waals surface area contributed by atoms with Gasteiger partial charge in [-0.25, -0.2) is 12.7 Å². The third-order valence-corrected chi connectivity index (χ3v) is 6.92. The molecule has 0 bridgehead atoms. The minimum Gasteiger partial charge on any atom is -0.298 e. The summed E-state index contributed by atoms with van der Waals surface area (Å²) in [7, 11) is -3.05. The van der Waals surface area contributed by atoms with Crippen LogP contribution < -0.4 is 0 Å². The predicted molar refractivity (Wildman–Crippen MR) is 98.5 cm³/mol. The Morgan fingerprint density at radius 2 is 1.79 bits per heavy atom. The first-order valence-electron chi connectivity index (χ1n) is 9.04. The number of likely N-dealkylation sites (tertiary alicyclic amines) is 1. The molecule has 0 aromatic heterocycles. The van der Waals surface area contributed by atoms with E-state index in [9.17, 15) is 8.42 Å². The summed E-state index contributed by atoms with van der Waals surface area (Å²) >= 11 is 0. The zero-order valence-corrected chi connectivity index (χ0v) is 16.0. The molecule has 2 heterocycles. The van der Waals surface area contributed by atoms with E-state index in [0.29, 0.717) is 19.0 Å². The van der Waals surface area contributed by atoms with E-state index >= 15 is 0 Å². The highest BCUT2D eigenvalue weighted by molar-refractivity contribution is 7.88. The van der Waals surface area contributed by atoms with Crippen LogP contribution in [0.3, 0.4) is 0 Å². The highest BCUT2D eigenvalue weighted by atomic mass is 32.2. The molecule has 1 spiro atoms. The van der Waals surface area contributed by atoms with Gasteiger partial charge in [-0.05, 0) is 48.3 Å². The lowest BCUT2D eigenvalue weighted by atomic mass is 9.79. The number of nitrogens with zero attached hydrogens (tertiary/aromatic N) is 2. The van der Waals surface area contributed by atoms with Crippen LogP contribution in [0, 0.1) is 5.41 Å². The lowest BCUT2D eigenvalue weighted by Crippen LogP contribution is -2.44. The first kappa shape index (κ1) is 17.9. The minimum atomic E-state index is -3.05. The van der Waals surface area contributed by atoms with Crippen LogP contribution in [0.25, 0.3) is 0 Å². The molecule has 2 saturated heterocycles. The molecule has 1 aromatic carbocycles. The molecule has 1 atom stereocenters. The molecule has 0 N–H and O–H groups in total. The summed E-state index contributed by atoms with van der Waals surface area (Å²) in [5.41, 5.74) is 2.90. The Morgan fingerprint density at radius 1 is 1.08 bits per heavy atom. The first-order chi connectivity index (χ1) is 11.3. The van der Waals surface area contributed by atoms with E-state index in [-0.39, 0.29) is 5.41 Å². The van der Waals surface area contributed by atoms with E-state index in [2.05, 4.69) is 43.0 Å². The number of piperidine rings is 1. The number of hydrogen-bond acceptors (Lipinski definition) is 3. The SMILES string of the molecule is CC(C)c1ccc(CN2CCC[C@@]3(CCN(S(C)(=O)=O)C3)C2)cc1. The third kappa shape index (κ3) is 4.01. The van der Waals surface area contributed by atoms with Gasteiger partial charge in [0.15, 0.2) is 0 Å². The lowest BCUT2D eigenvalue weighted by molar-refractivity contribution is 0.0935. The van der Waals surface area contributed by atoms with E-state index < -0.39 is 10.0 Å². The second kappa shape index (κ2) is 6.77. The van der Waals surface area contributed by atoms with Crippen LogP contribution in [0.4, 0.5) is 0 Å². The van der Waals surface area contributed by atoms with Gasteiger partial charge >= 0.3 is 0 Å². The highest BCUT2D eigenvalue weighted by Crippen LogP contribution is 2.40. The number of rotatable bonds is 4. The summed E-state index contributed by atoms with van der Waals surface area (Å²) in [5.74, 6) is 0.567. The van der Waals surface area contributed by atoms with Crippen molar-refractivity contribution in [3.05, 3.63) is 35.4 Å². The van der Waals surface area contributed by atoms with Gasteiger partial charge in [-0.15, -0.1) is 0 Å². The molecule has 1 aromatic rings. The van der Waals surface area contributed by atoms with E-state index in [0.717, 1.165) is 32.5 Å². The van der Waals surface area contributed by atoms with Crippen molar-refractivity contribution in [3.63, 3.8) is 0 Å². The van der Waals surface area contributed by atoms with Gasteiger partial charge in [0.25, 0.3) is 0 Å². The van der Waals surface area contributed by atoms with Crippen LogP contribution in [0.15, 0.2) is 24.3 Å². The molecule has 0 saturated carbocycles. The summed E-state index contributed by atoms with van der Waals surface area (Å²) in [5, 5.41) is 0. The minimum absolute atomic E-state index is 0.166. The van der Waals surface area contributed by atoms with E-state index in [4.69, 9.17) is 0 Å². The van der Waals surface area contributed by atoms with Crippen LogP contribution in [0.1, 0.15) is 50.2 Å². The second-order valence-electron chi connectivity index (χ2n) is 8.06. The molecule has 4 nitrogen and oxygen atoms in total. The monoisotopic (exact) mass is 350 g/mol. The molecule has 5 heteroatoms. The maximum absolute atomic E-state index is 11.8. The summed E-state index contributed by atoms with van der Waals surface area (Å²) in [6.45, 7) is 8.94. The fraction of sp³-hybridized carbons (Fsp3) is 0.684. The molecular formula is C19H30N2O2S. The summed E-state index contributed by atoms with van der Waals surface area (Å²) in [4.78, 5) is 2.51. The Morgan fingerprint density at radius 3 is 2.38 bits per heavy atom. The summed E-state index contributed by atoms with van der Waals surface area (Å²) < 4.78 is 25.3. The third-order valence-electron chi connectivity index (χ3n) is 5.67. The van der Waals surface area contributed by atoms with Gasteiger partial charge in [-0.1, -0.05) is 38.1 Å². The predicted octanol–water partition coefficient (Wildman–Crippen LogP) is 3.06. The van der Waals surface area contributed by atoms with Crippen molar-refractivity contribution in [2.24, 2.45) is 5.41 Å². The van der Waals surface area contributed by atoms with Crippen molar-refractivity contribution < 1.29 is 8.42 Å². The molecule has 0 unspecified atom stereocenters. The van der Waals surface area contributed by atoms with Crippen LogP contribution in [-0.4, -0.2) is 50.1 Å². The van der Waals surface area contributed by atoms with Crippen LogP contribution >= 0.6 is 0 Å². The van der Waals surface area contributed by atoms with E-state index in [1.807, 2.05) is 0 Å². The fourth-order valence-electron chi connectivity index (χ4n) is 4.22. The largest absolute Gasteiger partial charge is 0.298 e. The zero-order valence-electron chi connectivity index (χ0n) is 15.2. The Bertz CT molecular complexity index is 669. The Balaban J connectivity index is 1.64. The highest BCUT2D eigenvalue weighted by Gasteiger charge is 2.43. The normalized spacial score (nSPS) is 26.5. The molecule has 3 rings (SSSR count). The quantitative estimate of drug-likeness (QED) is 0.838. The average Bonchev–Trinajstić information content (AvgIpc) is 2.91. The summed E-state index contributed by atoms with van der Waals surface area (Å²) in [6, 6.07) is 8.96. The van der Waals surface area contributed by atoms with Gasteiger partial charge in [0.05, 0.1) is 6.26 Å². The van der Waals surface area contributed by atoms with Crippen molar-refractivity contribution in [2.75, 3.05) is 32.4 Å². The molecule has 2 fully saturated rings. The van der Waals surface area contributed by atoms with Crippen LogP contribution in [0.5, 0.6) is 0 Å². The van der Waals surface area contributed by atoms with E-state index in [1.54, 1.807) is 4.31 Å².